The summed E-state index contributed by atoms with van der Waals surface area (Å²) in [6.45, 7) is 3.70. The topological polar surface area (TPSA) is 50.9 Å². The van der Waals surface area contributed by atoms with Gasteiger partial charge in [0.1, 0.15) is 0 Å². The van der Waals surface area contributed by atoms with E-state index in [-0.39, 0.29) is 0 Å². The van der Waals surface area contributed by atoms with Gasteiger partial charge in [0.2, 0.25) is 0 Å². The van der Waals surface area contributed by atoms with Crippen LogP contribution >= 0.6 is 0 Å². The highest BCUT2D eigenvalue weighted by Gasteiger charge is 2.36. The van der Waals surface area contributed by atoms with Crippen LogP contribution in [0.15, 0.2) is 18.3 Å². The van der Waals surface area contributed by atoms with Crippen LogP contribution in [0.2, 0.25) is 0 Å². The van der Waals surface area contributed by atoms with Gasteiger partial charge in [-0.2, -0.15) is 0 Å². The maximum Gasteiger partial charge on any atom is 0.0542 e. The summed E-state index contributed by atoms with van der Waals surface area (Å²) in [5.41, 5.74) is 8.16. The van der Waals surface area contributed by atoms with Gasteiger partial charge in [0, 0.05) is 24.8 Å². The first-order valence-corrected chi connectivity index (χ1v) is 5.11. The first-order chi connectivity index (χ1) is 6.72. The summed E-state index contributed by atoms with van der Waals surface area (Å²) in [4.78, 5) is 4.17. The quantitative estimate of drug-likeness (QED) is 0.751. The van der Waals surface area contributed by atoms with Crippen LogP contribution in [0.3, 0.4) is 0 Å². The lowest BCUT2D eigenvalue weighted by atomic mass is 10.2. The predicted octanol–water partition coefficient (Wildman–Crippen LogP) is 1.18. The van der Waals surface area contributed by atoms with Crippen LogP contribution in [0.5, 0.6) is 0 Å². The number of pyridine rings is 1. The Labute approximate surface area is 84.7 Å². The number of rotatable bonds is 4. The van der Waals surface area contributed by atoms with Crippen molar-refractivity contribution in [2.24, 2.45) is 5.73 Å². The zero-order valence-corrected chi connectivity index (χ0v) is 8.59. The average Bonchev–Trinajstić information content (AvgIpc) is 2.95. The standard InChI is InChI=1S/C11H17N3/c1-11(3-4-11)14-8-9-2-5-13-10(6-9)7-12/h2,5-6,14H,3-4,7-8,12H2,1H3. The fraction of sp³-hybridized carbons (Fsp3) is 0.545. The van der Waals surface area contributed by atoms with Gasteiger partial charge in [0.05, 0.1) is 5.69 Å². The van der Waals surface area contributed by atoms with E-state index in [0.29, 0.717) is 12.1 Å². The Morgan fingerprint density at radius 2 is 2.36 bits per heavy atom. The molecule has 1 fully saturated rings. The fourth-order valence-electron chi connectivity index (χ4n) is 1.43. The van der Waals surface area contributed by atoms with Gasteiger partial charge in [-0.15, -0.1) is 0 Å². The fourth-order valence-corrected chi connectivity index (χ4v) is 1.43. The Bertz CT molecular complexity index is 318. The van der Waals surface area contributed by atoms with Crippen molar-refractivity contribution in [2.75, 3.05) is 0 Å². The highest BCUT2D eigenvalue weighted by Crippen LogP contribution is 2.34. The lowest BCUT2D eigenvalue weighted by Crippen LogP contribution is -2.27. The number of nitrogens with one attached hydrogen (secondary N) is 1. The second-order valence-electron chi connectivity index (χ2n) is 4.27. The van der Waals surface area contributed by atoms with Crippen LogP contribution in [0.4, 0.5) is 0 Å². The molecule has 0 radical (unpaired) electrons. The molecule has 3 N–H and O–H groups in total. The summed E-state index contributed by atoms with van der Waals surface area (Å²) in [7, 11) is 0. The summed E-state index contributed by atoms with van der Waals surface area (Å²) in [6, 6.07) is 4.11. The first kappa shape index (κ1) is 9.62. The van der Waals surface area contributed by atoms with E-state index in [2.05, 4.69) is 23.3 Å². The molecule has 0 unspecified atom stereocenters. The Morgan fingerprint density at radius 3 is 3.00 bits per heavy atom. The van der Waals surface area contributed by atoms with Crippen molar-refractivity contribution in [3.05, 3.63) is 29.6 Å². The predicted molar refractivity (Wildman–Crippen MR) is 56.6 cm³/mol. The van der Waals surface area contributed by atoms with E-state index in [0.717, 1.165) is 12.2 Å². The van der Waals surface area contributed by atoms with E-state index in [1.54, 1.807) is 0 Å². The van der Waals surface area contributed by atoms with Crippen LogP contribution in [0.25, 0.3) is 0 Å². The molecule has 1 aliphatic rings. The van der Waals surface area contributed by atoms with E-state index < -0.39 is 0 Å². The van der Waals surface area contributed by atoms with E-state index >= 15 is 0 Å². The van der Waals surface area contributed by atoms with E-state index in [9.17, 15) is 0 Å². The minimum Gasteiger partial charge on any atom is -0.325 e. The smallest absolute Gasteiger partial charge is 0.0542 e. The van der Waals surface area contributed by atoms with Gasteiger partial charge in [-0.1, -0.05) is 0 Å². The average molecular weight is 191 g/mol. The third kappa shape index (κ3) is 2.30. The zero-order chi connectivity index (χ0) is 10.0. The molecule has 0 bridgehead atoms. The molecule has 1 aromatic heterocycles. The molecule has 0 atom stereocenters. The Hall–Kier alpha value is -0.930. The number of nitrogens with two attached hydrogens (primary N) is 1. The molecule has 0 aliphatic heterocycles. The third-order valence-corrected chi connectivity index (χ3v) is 2.81. The summed E-state index contributed by atoms with van der Waals surface area (Å²) in [6.07, 6.45) is 4.41. The van der Waals surface area contributed by atoms with Gasteiger partial charge in [0.15, 0.2) is 0 Å². The lowest BCUT2D eigenvalue weighted by molar-refractivity contribution is 0.537. The second kappa shape index (κ2) is 3.67. The van der Waals surface area contributed by atoms with E-state index in [4.69, 9.17) is 5.73 Å². The lowest BCUT2D eigenvalue weighted by Gasteiger charge is -2.11. The third-order valence-electron chi connectivity index (χ3n) is 2.81. The SMILES string of the molecule is CC1(NCc2ccnc(CN)c2)CC1. The second-order valence-corrected chi connectivity index (χ2v) is 4.27. The molecular weight excluding hydrogens is 174 g/mol. The van der Waals surface area contributed by atoms with Gasteiger partial charge >= 0.3 is 0 Å². The minimum atomic E-state index is 0.395. The molecule has 76 valence electrons. The van der Waals surface area contributed by atoms with Crippen molar-refractivity contribution in [3.8, 4) is 0 Å². The monoisotopic (exact) mass is 191 g/mol. The molecule has 0 amide bonds. The van der Waals surface area contributed by atoms with E-state index in [1.165, 1.54) is 18.4 Å². The summed E-state index contributed by atoms with van der Waals surface area (Å²) in [5, 5.41) is 3.53. The summed E-state index contributed by atoms with van der Waals surface area (Å²) >= 11 is 0. The molecule has 3 nitrogen and oxygen atoms in total. The largest absolute Gasteiger partial charge is 0.325 e. The maximum atomic E-state index is 5.53. The number of hydrogen-bond acceptors (Lipinski definition) is 3. The normalized spacial score (nSPS) is 18.1. The van der Waals surface area contributed by atoms with Crippen LogP contribution in [0.1, 0.15) is 31.0 Å². The Morgan fingerprint density at radius 1 is 1.57 bits per heavy atom. The molecule has 0 saturated heterocycles. The molecule has 1 heterocycles. The van der Waals surface area contributed by atoms with Crippen LogP contribution in [-0.2, 0) is 13.1 Å². The minimum absolute atomic E-state index is 0.395. The van der Waals surface area contributed by atoms with Crippen molar-refractivity contribution in [3.63, 3.8) is 0 Å². The molecule has 3 heteroatoms. The number of aromatic nitrogens is 1. The number of nitrogens with zero attached hydrogens (tertiary/aromatic N) is 1. The van der Waals surface area contributed by atoms with Gasteiger partial charge in [-0.25, -0.2) is 0 Å². The molecule has 0 spiro atoms. The highest BCUT2D eigenvalue weighted by atomic mass is 15.0. The maximum absolute atomic E-state index is 5.53. The Balaban J connectivity index is 1.94. The molecule has 0 aromatic carbocycles. The molecule has 1 saturated carbocycles. The molecule has 1 aromatic rings. The highest BCUT2D eigenvalue weighted by molar-refractivity contribution is 5.17. The van der Waals surface area contributed by atoms with E-state index in [1.807, 2.05) is 12.3 Å². The molecule has 14 heavy (non-hydrogen) atoms. The molecular formula is C11H17N3. The number of hydrogen-bond donors (Lipinski definition) is 2. The molecule has 1 aliphatic carbocycles. The van der Waals surface area contributed by atoms with Gasteiger partial charge in [0.25, 0.3) is 0 Å². The van der Waals surface area contributed by atoms with Crippen molar-refractivity contribution < 1.29 is 0 Å². The van der Waals surface area contributed by atoms with Gasteiger partial charge < -0.3 is 11.1 Å². The summed E-state index contributed by atoms with van der Waals surface area (Å²) in [5.74, 6) is 0. The Kier molecular flexibility index (Phi) is 2.52. The van der Waals surface area contributed by atoms with Gasteiger partial charge in [-0.3, -0.25) is 4.98 Å². The van der Waals surface area contributed by atoms with Crippen molar-refractivity contribution in [1.29, 1.82) is 0 Å². The van der Waals surface area contributed by atoms with Crippen LogP contribution in [-0.4, -0.2) is 10.5 Å². The zero-order valence-electron chi connectivity index (χ0n) is 8.59. The van der Waals surface area contributed by atoms with Crippen molar-refractivity contribution in [1.82, 2.24) is 10.3 Å². The van der Waals surface area contributed by atoms with Gasteiger partial charge in [-0.05, 0) is 37.5 Å². The van der Waals surface area contributed by atoms with Crippen LogP contribution in [0, 0.1) is 0 Å². The molecule has 2 rings (SSSR count). The summed E-state index contributed by atoms with van der Waals surface area (Å²) < 4.78 is 0. The first-order valence-electron chi connectivity index (χ1n) is 5.11. The van der Waals surface area contributed by atoms with Crippen LogP contribution < -0.4 is 11.1 Å². The van der Waals surface area contributed by atoms with Crippen molar-refractivity contribution in [2.45, 2.75) is 38.4 Å². The van der Waals surface area contributed by atoms with Crippen molar-refractivity contribution >= 4 is 0 Å².